The Morgan fingerprint density at radius 2 is 0.685 bits per heavy atom. The van der Waals surface area contributed by atoms with Gasteiger partial charge in [0.25, 0.3) is 7.82 Å². The van der Waals surface area contributed by atoms with Crippen LogP contribution in [0.15, 0.2) is 48.6 Å². The first-order valence-electron chi connectivity index (χ1n) is 39.5. The Morgan fingerprint density at radius 3 is 1.00 bits per heavy atom. The van der Waals surface area contributed by atoms with Gasteiger partial charge in [-0.2, -0.15) is 0 Å². The van der Waals surface area contributed by atoms with Crippen molar-refractivity contribution in [2.45, 2.75) is 418 Å². The quantitative estimate of drug-likeness (QED) is 0.0272. The van der Waals surface area contributed by atoms with E-state index in [0.29, 0.717) is 23.9 Å². The number of likely N-dealkylation sites (N-methyl/N-ethyl adjacent to an activating group) is 1. The molecule has 0 bridgehead atoms. The average Bonchev–Trinajstić information content (AvgIpc) is 3.61. The summed E-state index contributed by atoms with van der Waals surface area (Å²) < 4.78 is 23.6. The Labute approximate surface area is 556 Å². The van der Waals surface area contributed by atoms with Crippen LogP contribution in [-0.2, 0) is 18.4 Å². The van der Waals surface area contributed by atoms with E-state index in [2.05, 4.69) is 67.8 Å². The summed E-state index contributed by atoms with van der Waals surface area (Å²) in [6, 6.07) is -0.800. The summed E-state index contributed by atoms with van der Waals surface area (Å²) in [5, 5.41) is 14.1. The lowest BCUT2D eigenvalue weighted by Gasteiger charge is -2.30. The number of hydrogen-bond acceptors (Lipinski definition) is 6. The molecular formula is C80H155N2O6P. The lowest BCUT2D eigenvalue weighted by Crippen LogP contribution is -2.46. The highest BCUT2D eigenvalue weighted by molar-refractivity contribution is 7.45. The lowest BCUT2D eigenvalue weighted by molar-refractivity contribution is -0.870. The van der Waals surface area contributed by atoms with Crippen molar-refractivity contribution >= 4 is 13.7 Å². The molecular weight excluding hydrogens is 1120 g/mol. The fourth-order valence-corrected chi connectivity index (χ4v) is 13.0. The third-order valence-electron chi connectivity index (χ3n) is 18.3. The number of aliphatic hydroxyl groups is 1. The fourth-order valence-electron chi connectivity index (χ4n) is 12.3. The maximum atomic E-state index is 13.1. The number of carbonyl (C=O) groups is 1. The minimum atomic E-state index is -4.58. The monoisotopic (exact) mass is 1270 g/mol. The molecule has 3 unspecified atom stereocenters. The molecule has 0 aliphatic carbocycles. The van der Waals surface area contributed by atoms with E-state index in [9.17, 15) is 19.4 Å². The van der Waals surface area contributed by atoms with Crippen molar-refractivity contribution in [3.63, 3.8) is 0 Å². The number of quaternary nitrogens is 1. The summed E-state index contributed by atoms with van der Waals surface area (Å²) in [6.45, 7) is 4.68. The number of aliphatic hydroxyl groups excluding tert-OH is 1. The minimum absolute atomic E-state index is 0.0150. The zero-order chi connectivity index (χ0) is 64.8. The molecule has 0 aliphatic rings. The van der Waals surface area contributed by atoms with Gasteiger partial charge >= 0.3 is 0 Å². The van der Waals surface area contributed by atoms with Gasteiger partial charge in [-0.1, -0.05) is 396 Å². The van der Waals surface area contributed by atoms with E-state index >= 15 is 0 Å². The minimum Gasteiger partial charge on any atom is -0.756 e. The third kappa shape index (κ3) is 73.7. The van der Waals surface area contributed by atoms with Crippen LogP contribution in [0.4, 0.5) is 0 Å². The van der Waals surface area contributed by atoms with Gasteiger partial charge in [-0.3, -0.25) is 9.36 Å². The summed E-state index contributed by atoms with van der Waals surface area (Å²) >= 11 is 0. The first-order chi connectivity index (χ1) is 43.5. The van der Waals surface area contributed by atoms with Crippen molar-refractivity contribution in [1.29, 1.82) is 0 Å². The first kappa shape index (κ1) is 87.5. The Balaban J connectivity index is 3.87. The van der Waals surface area contributed by atoms with Gasteiger partial charge in [-0.05, 0) is 51.4 Å². The third-order valence-corrected chi connectivity index (χ3v) is 19.3. The van der Waals surface area contributed by atoms with E-state index in [1.165, 1.54) is 315 Å². The molecule has 3 atom stereocenters. The molecule has 0 saturated carbocycles. The van der Waals surface area contributed by atoms with E-state index in [1.807, 2.05) is 21.1 Å². The Hall–Kier alpha value is -1.54. The number of allylic oxidation sites excluding steroid dienone is 8. The summed E-state index contributed by atoms with van der Waals surface area (Å²) in [5.74, 6) is -0.155. The maximum Gasteiger partial charge on any atom is 0.268 e. The second-order valence-electron chi connectivity index (χ2n) is 28.4. The molecule has 1 amide bonds. The molecule has 0 saturated heterocycles. The predicted molar refractivity (Wildman–Crippen MR) is 390 cm³/mol. The number of carbonyl (C=O) groups excluding carboxylic acids is 1. The molecule has 0 fully saturated rings. The molecule has 0 aliphatic heterocycles. The van der Waals surface area contributed by atoms with E-state index in [0.717, 1.165) is 64.2 Å². The van der Waals surface area contributed by atoms with Crippen molar-refractivity contribution in [3.05, 3.63) is 48.6 Å². The number of rotatable bonds is 74. The molecule has 526 valence electrons. The molecule has 0 heterocycles. The summed E-state index contributed by atoms with van der Waals surface area (Å²) in [4.78, 5) is 25.7. The molecule has 8 nitrogen and oxygen atoms in total. The van der Waals surface area contributed by atoms with E-state index in [1.54, 1.807) is 0 Å². The summed E-state index contributed by atoms with van der Waals surface area (Å²) in [5.41, 5.74) is 0. The van der Waals surface area contributed by atoms with Crippen LogP contribution in [0.25, 0.3) is 0 Å². The van der Waals surface area contributed by atoms with Gasteiger partial charge in [0.05, 0.1) is 39.9 Å². The summed E-state index contributed by atoms with van der Waals surface area (Å²) in [6.07, 6.45) is 96.6. The maximum absolute atomic E-state index is 13.1. The van der Waals surface area contributed by atoms with Crippen LogP contribution < -0.4 is 10.2 Å². The molecule has 9 heteroatoms. The number of phosphoric acid groups is 1. The highest BCUT2D eigenvalue weighted by atomic mass is 31.2. The molecule has 0 aromatic rings. The topological polar surface area (TPSA) is 108 Å². The standard InChI is InChI=1S/C80H155N2O6P/c1-6-8-10-12-14-16-18-20-22-24-26-28-30-32-34-35-36-37-38-39-40-41-42-43-44-45-46-47-48-50-52-54-56-58-60-62-64-66-68-70-72-74-80(84)81-78(77-88-89(85,86)87-76-75-82(3,4)5)79(83)73-71-69-67-65-63-61-59-57-55-53-51-49-33-31-29-27-25-23-21-19-17-15-13-11-9-7-2/h8,10,14,16,20,22,26,28,78-79,83H,6-7,9,11-13,15,17-19,21,23-25,27,29-77H2,1-5H3,(H-,81,84,85,86)/b10-8-,16-14-,22-20-,28-26-. The van der Waals surface area contributed by atoms with E-state index in [4.69, 9.17) is 9.05 Å². The van der Waals surface area contributed by atoms with Crippen LogP contribution in [0.1, 0.15) is 406 Å². The Morgan fingerprint density at radius 1 is 0.404 bits per heavy atom. The van der Waals surface area contributed by atoms with E-state index in [-0.39, 0.29) is 19.1 Å². The van der Waals surface area contributed by atoms with Gasteiger partial charge in [0.15, 0.2) is 0 Å². The van der Waals surface area contributed by atoms with Gasteiger partial charge in [-0.25, -0.2) is 0 Å². The first-order valence-corrected chi connectivity index (χ1v) is 40.9. The highest BCUT2D eigenvalue weighted by Crippen LogP contribution is 2.38. The second-order valence-corrected chi connectivity index (χ2v) is 29.8. The van der Waals surface area contributed by atoms with Gasteiger partial charge < -0.3 is 28.8 Å². The van der Waals surface area contributed by atoms with Crippen LogP contribution in [0.2, 0.25) is 0 Å². The molecule has 0 spiro atoms. The molecule has 2 N–H and O–H groups in total. The van der Waals surface area contributed by atoms with Crippen LogP contribution in [0, 0.1) is 0 Å². The summed E-state index contributed by atoms with van der Waals surface area (Å²) in [7, 11) is 1.33. The number of nitrogens with one attached hydrogen (secondary N) is 1. The van der Waals surface area contributed by atoms with Crippen molar-refractivity contribution in [3.8, 4) is 0 Å². The zero-order valence-corrected chi connectivity index (χ0v) is 61.3. The predicted octanol–water partition coefficient (Wildman–Crippen LogP) is 25.1. The molecule has 0 aromatic heterocycles. The Bertz CT molecular complexity index is 1590. The van der Waals surface area contributed by atoms with E-state index < -0.39 is 20.0 Å². The van der Waals surface area contributed by atoms with Crippen molar-refractivity contribution in [2.24, 2.45) is 0 Å². The lowest BCUT2D eigenvalue weighted by atomic mass is 10.0. The highest BCUT2D eigenvalue weighted by Gasteiger charge is 2.24. The number of phosphoric ester groups is 1. The van der Waals surface area contributed by atoms with Crippen LogP contribution in [-0.4, -0.2) is 68.5 Å². The smallest absolute Gasteiger partial charge is 0.268 e. The SMILES string of the molecule is CC/C=C\C/C=C\C/C=C\C/C=C\CCCCCCCCCCCCCCCCCCCCCCCCCCCCCCC(=O)NC(COP(=O)([O-])OCC[N+](C)(C)C)C(O)CCCCCCCCCCCCCCCCCCCCCCCCCCCC. The largest absolute Gasteiger partial charge is 0.756 e. The van der Waals surface area contributed by atoms with Gasteiger partial charge in [-0.15, -0.1) is 0 Å². The van der Waals surface area contributed by atoms with Crippen molar-refractivity contribution in [1.82, 2.24) is 5.32 Å². The van der Waals surface area contributed by atoms with Gasteiger partial charge in [0, 0.05) is 6.42 Å². The van der Waals surface area contributed by atoms with Gasteiger partial charge in [0.2, 0.25) is 5.91 Å². The van der Waals surface area contributed by atoms with Crippen molar-refractivity contribution < 1.29 is 32.9 Å². The normalized spacial score (nSPS) is 13.7. The van der Waals surface area contributed by atoms with Crippen LogP contribution >= 0.6 is 7.82 Å². The molecule has 0 radical (unpaired) electrons. The van der Waals surface area contributed by atoms with Gasteiger partial charge in [0.1, 0.15) is 13.2 Å². The average molecular weight is 1270 g/mol. The number of hydrogen-bond donors (Lipinski definition) is 2. The second kappa shape index (κ2) is 70.8. The molecule has 0 rings (SSSR count). The Kier molecular flexibility index (Phi) is 69.5. The van der Waals surface area contributed by atoms with Crippen LogP contribution in [0.5, 0.6) is 0 Å². The fraction of sp³-hybridized carbons (Fsp3) is 0.887. The molecule has 0 aromatic carbocycles. The van der Waals surface area contributed by atoms with Crippen LogP contribution in [0.3, 0.4) is 0 Å². The number of nitrogens with zero attached hydrogens (tertiary/aromatic N) is 1. The number of unbranched alkanes of at least 4 members (excludes halogenated alkanes) is 53. The zero-order valence-electron chi connectivity index (χ0n) is 60.4. The molecule has 89 heavy (non-hydrogen) atoms. The number of amides is 1. The van der Waals surface area contributed by atoms with Crippen molar-refractivity contribution in [2.75, 3.05) is 40.9 Å².